The summed E-state index contributed by atoms with van der Waals surface area (Å²) in [6, 6.07) is 6.42. The third-order valence-electron chi connectivity index (χ3n) is 4.34. The summed E-state index contributed by atoms with van der Waals surface area (Å²) in [6.07, 6.45) is 2.02. The van der Waals surface area contributed by atoms with E-state index in [4.69, 9.17) is 10.5 Å². The molecule has 0 unspecified atom stereocenters. The van der Waals surface area contributed by atoms with Gasteiger partial charge in [-0.05, 0) is 43.4 Å². The molecule has 0 bridgehead atoms. The Kier molecular flexibility index (Phi) is 10.3. The fraction of sp³-hybridized carbons (Fsp3) is 0.611. The Labute approximate surface area is 163 Å². The first-order chi connectivity index (χ1) is 11.2. The molecule has 0 aliphatic carbocycles. The van der Waals surface area contributed by atoms with Crippen LogP contribution in [0.3, 0.4) is 0 Å². The van der Waals surface area contributed by atoms with Gasteiger partial charge in [0, 0.05) is 32.7 Å². The number of morpholine rings is 1. The Hall–Kier alpha value is -0.860. The van der Waals surface area contributed by atoms with Crippen molar-refractivity contribution in [1.29, 1.82) is 0 Å². The van der Waals surface area contributed by atoms with Crippen LogP contribution in [0.1, 0.15) is 23.1 Å². The first-order valence-corrected chi connectivity index (χ1v) is 8.56. The van der Waals surface area contributed by atoms with Crippen molar-refractivity contribution in [2.24, 2.45) is 10.7 Å². The van der Waals surface area contributed by atoms with Crippen molar-refractivity contribution in [3.05, 3.63) is 34.9 Å². The molecular weight excluding hydrogens is 415 g/mol. The van der Waals surface area contributed by atoms with Gasteiger partial charge in [-0.25, -0.2) is 0 Å². The molecule has 0 saturated carbocycles. The monoisotopic (exact) mass is 446 g/mol. The number of nitrogens with zero attached hydrogens (tertiary/aromatic N) is 2. The number of ether oxygens (including phenoxy) is 1. The maximum atomic E-state index is 5.94. The molecular formula is C18H31IN4O. The van der Waals surface area contributed by atoms with Crippen LogP contribution in [-0.4, -0.2) is 56.8 Å². The van der Waals surface area contributed by atoms with Crippen LogP contribution < -0.4 is 11.1 Å². The molecule has 0 spiro atoms. The fourth-order valence-electron chi connectivity index (χ4n) is 2.93. The minimum atomic E-state index is 0. The summed E-state index contributed by atoms with van der Waals surface area (Å²) >= 11 is 0. The molecule has 136 valence electrons. The van der Waals surface area contributed by atoms with Crippen molar-refractivity contribution in [2.45, 2.75) is 26.7 Å². The molecule has 0 aromatic heterocycles. The highest BCUT2D eigenvalue weighted by Crippen LogP contribution is 2.13. The molecule has 1 aromatic carbocycles. The van der Waals surface area contributed by atoms with Crippen LogP contribution in [0.25, 0.3) is 0 Å². The molecule has 24 heavy (non-hydrogen) atoms. The molecule has 3 N–H and O–H groups in total. The quantitative estimate of drug-likeness (QED) is 0.292. The Morgan fingerprint density at radius 2 is 1.92 bits per heavy atom. The van der Waals surface area contributed by atoms with Gasteiger partial charge in [0.15, 0.2) is 5.96 Å². The van der Waals surface area contributed by atoms with E-state index in [1.165, 1.54) is 16.7 Å². The number of hydrogen-bond donors (Lipinski definition) is 2. The summed E-state index contributed by atoms with van der Waals surface area (Å²) in [5.41, 5.74) is 10.0. The van der Waals surface area contributed by atoms with Gasteiger partial charge in [0.2, 0.25) is 0 Å². The second-order valence-electron chi connectivity index (χ2n) is 6.12. The van der Waals surface area contributed by atoms with Crippen molar-refractivity contribution in [3.63, 3.8) is 0 Å². The van der Waals surface area contributed by atoms with Gasteiger partial charge in [0.1, 0.15) is 0 Å². The van der Waals surface area contributed by atoms with Gasteiger partial charge >= 0.3 is 0 Å². The predicted octanol–water partition coefficient (Wildman–Crippen LogP) is 2.09. The molecule has 5 nitrogen and oxygen atoms in total. The Morgan fingerprint density at radius 3 is 2.58 bits per heavy atom. The van der Waals surface area contributed by atoms with Crippen molar-refractivity contribution in [2.75, 3.05) is 45.9 Å². The minimum Gasteiger partial charge on any atom is -0.379 e. The second kappa shape index (κ2) is 11.7. The van der Waals surface area contributed by atoms with Gasteiger partial charge in [-0.3, -0.25) is 9.89 Å². The number of hydrogen-bond acceptors (Lipinski definition) is 3. The lowest BCUT2D eigenvalue weighted by atomic mass is 10.0. The number of aryl methyl sites for hydroxylation is 2. The lowest BCUT2D eigenvalue weighted by molar-refractivity contribution is 0.0377. The first kappa shape index (κ1) is 21.2. The van der Waals surface area contributed by atoms with E-state index in [2.05, 4.69) is 47.3 Å². The van der Waals surface area contributed by atoms with E-state index in [9.17, 15) is 0 Å². The average molecular weight is 446 g/mol. The van der Waals surface area contributed by atoms with E-state index in [-0.39, 0.29) is 24.0 Å². The molecule has 1 aromatic rings. The molecule has 1 aliphatic rings. The maximum absolute atomic E-state index is 5.94. The molecule has 0 radical (unpaired) electrons. The zero-order chi connectivity index (χ0) is 16.5. The molecule has 0 amide bonds. The zero-order valence-electron chi connectivity index (χ0n) is 14.9. The van der Waals surface area contributed by atoms with Crippen molar-refractivity contribution < 1.29 is 4.74 Å². The van der Waals surface area contributed by atoms with Crippen LogP contribution in [-0.2, 0) is 11.2 Å². The highest BCUT2D eigenvalue weighted by molar-refractivity contribution is 14.0. The lowest BCUT2D eigenvalue weighted by Gasteiger charge is -2.26. The van der Waals surface area contributed by atoms with E-state index < -0.39 is 0 Å². The topological polar surface area (TPSA) is 62.9 Å². The summed E-state index contributed by atoms with van der Waals surface area (Å²) in [5.74, 6) is 0.554. The van der Waals surface area contributed by atoms with E-state index in [1.807, 2.05) is 0 Å². The average Bonchev–Trinajstić information content (AvgIpc) is 2.55. The fourth-order valence-corrected chi connectivity index (χ4v) is 2.93. The minimum absolute atomic E-state index is 0. The molecule has 1 heterocycles. The smallest absolute Gasteiger partial charge is 0.188 e. The van der Waals surface area contributed by atoms with Crippen molar-refractivity contribution >= 4 is 29.9 Å². The maximum Gasteiger partial charge on any atom is 0.188 e. The molecule has 1 fully saturated rings. The second-order valence-corrected chi connectivity index (χ2v) is 6.12. The van der Waals surface area contributed by atoms with Gasteiger partial charge in [0.05, 0.1) is 13.2 Å². The summed E-state index contributed by atoms with van der Waals surface area (Å²) in [5, 5.41) is 3.22. The van der Waals surface area contributed by atoms with Gasteiger partial charge in [-0.2, -0.15) is 0 Å². The van der Waals surface area contributed by atoms with Crippen molar-refractivity contribution in [3.8, 4) is 0 Å². The molecule has 1 saturated heterocycles. The number of benzene rings is 1. The van der Waals surface area contributed by atoms with E-state index >= 15 is 0 Å². The summed E-state index contributed by atoms with van der Waals surface area (Å²) in [6.45, 7) is 10.8. The molecule has 2 rings (SSSR count). The van der Waals surface area contributed by atoms with Gasteiger partial charge in [-0.1, -0.05) is 18.2 Å². The van der Waals surface area contributed by atoms with Crippen LogP contribution in [0, 0.1) is 13.8 Å². The highest BCUT2D eigenvalue weighted by Gasteiger charge is 2.08. The summed E-state index contributed by atoms with van der Waals surface area (Å²) in [7, 11) is 0. The SMILES string of the molecule is Cc1cccc(C)c1CCNC(N)=NCCCN1CCOCC1.I. The number of nitrogens with one attached hydrogen (secondary N) is 1. The molecule has 1 aliphatic heterocycles. The number of rotatable bonds is 7. The Morgan fingerprint density at radius 1 is 1.25 bits per heavy atom. The number of aliphatic imine (C=N–C) groups is 1. The van der Waals surface area contributed by atoms with Gasteiger partial charge in [-0.15, -0.1) is 24.0 Å². The highest BCUT2D eigenvalue weighted by atomic mass is 127. The molecule has 0 atom stereocenters. The van der Waals surface area contributed by atoms with Crippen LogP contribution >= 0.6 is 24.0 Å². The van der Waals surface area contributed by atoms with E-state index in [0.29, 0.717) is 5.96 Å². The normalized spacial score (nSPS) is 15.8. The first-order valence-electron chi connectivity index (χ1n) is 8.56. The van der Waals surface area contributed by atoms with E-state index in [0.717, 1.165) is 58.8 Å². The van der Waals surface area contributed by atoms with Gasteiger partial charge < -0.3 is 15.8 Å². The molecule has 6 heteroatoms. The van der Waals surface area contributed by atoms with Crippen LogP contribution in [0.2, 0.25) is 0 Å². The van der Waals surface area contributed by atoms with Crippen LogP contribution in [0.15, 0.2) is 23.2 Å². The van der Waals surface area contributed by atoms with Gasteiger partial charge in [0.25, 0.3) is 0 Å². The number of nitrogens with two attached hydrogens (primary N) is 1. The standard InChI is InChI=1S/C18H30N4O.HI/c1-15-5-3-6-16(2)17(15)7-9-21-18(19)20-8-4-10-22-11-13-23-14-12-22;/h3,5-6H,4,7-14H2,1-2H3,(H3,19,20,21);1H. The van der Waals surface area contributed by atoms with Crippen LogP contribution in [0.5, 0.6) is 0 Å². The Balaban J connectivity index is 0.00000288. The van der Waals surface area contributed by atoms with Crippen molar-refractivity contribution in [1.82, 2.24) is 10.2 Å². The summed E-state index contributed by atoms with van der Waals surface area (Å²) in [4.78, 5) is 6.83. The zero-order valence-corrected chi connectivity index (χ0v) is 17.2. The predicted molar refractivity (Wildman–Crippen MR) is 111 cm³/mol. The third kappa shape index (κ3) is 7.36. The lowest BCUT2D eigenvalue weighted by Crippen LogP contribution is -2.37. The van der Waals surface area contributed by atoms with E-state index in [1.54, 1.807) is 0 Å². The number of guanidine groups is 1. The number of halogens is 1. The van der Waals surface area contributed by atoms with Crippen LogP contribution in [0.4, 0.5) is 0 Å². The summed E-state index contributed by atoms with van der Waals surface area (Å²) < 4.78 is 5.34. The Bertz CT molecular complexity index is 495. The largest absolute Gasteiger partial charge is 0.379 e. The third-order valence-corrected chi connectivity index (χ3v) is 4.34.